The summed E-state index contributed by atoms with van der Waals surface area (Å²) in [5.41, 5.74) is 1.73. The lowest BCUT2D eigenvalue weighted by Crippen LogP contribution is -2.48. The van der Waals surface area contributed by atoms with Crippen LogP contribution in [0.25, 0.3) is 6.08 Å². The van der Waals surface area contributed by atoms with E-state index in [4.69, 9.17) is 9.47 Å². The molecule has 0 bridgehead atoms. The van der Waals surface area contributed by atoms with Crippen LogP contribution in [0.5, 0.6) is 5.75 Å². The Morgan fingerprint density at radius 2 is 1.97 bits per heavy atom. The number of anilines is 1. The molecule has 1 aliphatic heterocycles. The first-order chi connectivity index (χ1) is 17.0. The van der Waals surface area contributed by atoms with Gasteiger partial charge in [0.1, 0.15) is 5.75 Å². The summed E-state index contributed by atoms with van der Waals surface area (Å²) in [7, 11) is 0. The van der Waals surface area contributed by atoms with Crippen molar-refractivity contribution in [2.45, 2.75) is 51.1 Å². The lowest BCUT2D eigenvalue weighted by atomic mass is 9.85. The first-order valence-electron chi connectivity index (χ1n) is 12.1. The first-order valence-corrected chi connectivity index (χ1v) is 13.7. The van der Waals surface area contributed by atoms with E-state index >= 15 is 0 Å². The van der Waals surface area contributed by atoms with Crippen molar-refractivity contribution in [2.24, 2.45) is 5.92 Å². The highest BCUT2D eigenvalue weighted by atomic mass is 79.9. The van der Waals surface area contributed by atoms with Gasteiger partial charge >= 0.3 is 5.97 Å². The third-order valence-corrected chi connectivity index (χ3v) is 8.06. The maximum Gasteiger partial charge on any atom is 0.344 e. The number of thioether (sulfide) groups is 1. The van der Waals surface area contributed by atoms with Crippen molar-refractivity contribution in [2.75, 3.05) is 18.5 Å². The average Bonchev–Trinajstić information content (AvgIpc) is 3.14. The number of para-hydroxylation sites is 1. The molecule has 2 fully saturated rings. The van der Waals surface area contributed by atoms with Gasteiger partial charge in [-0.25, -0.2) is 4.79 Å². The molecule has 2 aromatic carbocycles. The van der Waals surface area contributed by atoms with Crippen molar-refractivity contribution in [1.82, 2.24) is 4.90 Å². The largest absolute Gasteiger partial charge is 0.481 e. The molecule has 1 saturated carbocycles. The second-order valence-electron chi connectivity index (χ2n) is 8.81. The Hall–Kier alpha value is -2.45. The van der Waals surface area contributed by atoms with Gasteiger partial charge in [0.05, 0.1) is 16.0 Å². The number of hydrogen-bond acceptors (Lipinski definition) is 6. The fourth-order valence-electron chi connectivity index (χ4n) is 4.58. The molecule has 186 valence electrons. The van der Waals surface area contributed by atoms with Crippen LogP contribution in [0, 0.1) is 5.92 Å². The van der Waals surface area contributed by atoms with Crippen LogP contribution in [0.2, 0.25) is 0 Å². The van der Waals surface area contributed by atoms with Crippen LogP contribution in [0.15, 0.2) is 57.9 Å². The summed E-state index contributed by atoms with van der Waals surface area (Å²) in [6.07, 6.45) is 6.49. The van der Waals surface area contributed by atoms with Crippen molar-refractivity contribution in [3.8, 4) is 5.75 Å². The Morgan fingerprint density at radius 1 is 1.20 bits per heavy atom. The van der Waals surface area contributed by atoms with Crippen molar-refractivity contribution in [1.29, 1.82) is 0 Å². The fraction of sp³-hybridized carbons (Fsp3) is 0.407. The molecular weight excluding hydrogens is 528 g/mol. The van der Waals surface area contributed by atoms with E-state index in [1.165, 1.54) is 6.42 Å². The Kier molecular flexibility index (Phi) is 8.78. The van der Waals surface area contributed by atoms with Crippen LogP contribution in [0.1, 0.15) is 45.1 Å². The minimum absolute atomic E-state index is 0.0703. The van der Waals surface area contributed by atoms with Crippen molar-refractivity contribution >= 4 is 51.3 Å². The van der Waals surface area contributed by atoms with Gasteiger partial charge in [0.25, 0.3) is 5.91 Å². The Balaban J connectivity index is 1.54. The maximum atomic E-state index is 13.7. The SMILES string of the molecule is CCOC(=O)COc1ccc(/C=C2\SC(Nc3ccccc3)N([C@H]3CCCC[C@H]3C)C2=O)cc1Br. The zero-order chi connectivity index (χ0) is 24.8. The van der Waals surface area contributed by atoms with Crippen molar-refractivity contribution in [3.63, 3.8) is 0 Å². The molecule has 35 heavy (non-hydrogen) atoms. The number of nitrogens with zero attached hydrogens (tertiary/aromatic N) is 1. The summed E-state index contributed by atoms with van der Waals surface area (Å²) in [5.74, 6) is 0.679. The molecule has 0 radical (unpaired) electrons. The van der Waals surface area contributed by atoms with E-state index in [9.17, 15) is 9.59 Å². The van der Waals surface area contributed by atoms with E-state index in [1.54, 1.807) is 24.8 Å². The van der Waals surface area contributed by atoms with E-state index in [2.05, 4.69) is 33.1 Å². The number of esters is 1. The molecule has 1 unspecified atom stereocenters. The average molecular weight is 560 g/mol. The number of rotatable bonds is 8. The van der Waals surface area contributed by atoms with Crippen LogP contribution in [-0.4, -0.2) is 41.5 Å². The molecule has 1 heterocycles. The third kappa shape index (κ3) is 6.41. The monoisotopic (exact) mass is 558 g/mol. The fourth-order valence-corrected chi connectivity index (χ4v) is 6.30. The lowest BCUT2D eigenvalue weighted by molar-refractivity contribution is -0.145. The van der Waals surface area contributed by atoms with Gasteiger partial charge in [-0.15, -0.1) is 0 Å². The van der Waals surface area contributed by atoms with Gasteiger partial charge in [-0.1, -0.05) is 55.8 Å². The number of amides is 1. The van der Waals surface area contributed by atoms with Crippen LogP contribution < -0.4 is 10.1 Å². The van der Waals surface area contributed by atoms with Crippen LogP contribution >= 0.6 is 27.7 Å². The summed E-state index contributed by atoms with van der Waals surface area (Å²) in [6.45, 7) is 4.19. The Labute approximate surface area is 219 Å². The Morgan fingerprint density at radius 3 is 2.69 bits per heavy atom. The van der Waals surface area contributed by atoms with E-state index in [0.29, 0.717) is 27.7 Å². The normalized spacial score (nSPS) is 23.4. The molecule has 1 N–H and O–H groups in total. The quantitative estimate of drug-likeness (QED) is 0.303. The predicted octanol–water partition coefficient (Wildman–Crippen LogP) is 6.28. The molecule has 0 spiro atoms. The standard InChI is InChI=1S/C27H31BrN2O4S/c1-3-33-25(31)17-34-23-14-13-19(15-21(23)28)16-24-26(32)30(22-12-8-7-9-18(22)2)27(35-24)29-20-10-5-4-6-11-20/h4-6,10-11,13-16,18,22,27,29H,3,7-9,12,17H2,1-2H3/b24-16-/t18-,22+,27?/m1/s1. The van der Waals surface area contributed by atoms with E-state index in [1.807, 2.05) is 48.5 Å². The maximum absolute atomic E-state index is 13.7. The zero-order valence-electron chi connectivity index (χ0n) is 20.0. The topological polar surface area (TPSA) is 67.9 Å². The number of carbonyl (C=O) groups is 2. The zero-order valence-corrected chi connectivity index (χ0v) is 22.4. The molecule has 2 aliphatic rings. The smallest absolute Gasteiger partial charge is 0.344 e. The van der Waals surface area contributed by atoms with Crippen LogP contribution in [-0.2, 0) is 14.3 Å². The molecule has 1 amide bonds. The number of carbonyl (C=O) groups excluding carboxylic acids is 2. The number of ether oxygens (including phenoxy) is 2. The van der Waals surface area contributed by atoms with Gasteiger partial charge in [0.2, 0.25) is 0 Å². The van der Waals surface area contributed by atoms with E-state index in [-0.39, 0.29) is 24.1 Å². The minimum Gasteiger partial charge on any atom is -0.481 e. The number of nitrogens with one attached hydrogen (secondary N) is 1. The molecule has 4 rings (SSSR count). The highest BCUT2D eigenvalue weighted by Gasteiger charge is 2.42. The highest BCUT2D eigenvalue weighted by molar-refractivity contribution is 9.10. The molecule has 1 saturated heterocycles. The number of hydrogen-bond donors (Lipinski definition) is 1. The summed E-state index contributed by atoms with van der Waals surface area (Å²) in [6, 6.07) is 15.8. The minimum atomic E-state index is -0.410. The van der Waals surface area contributed by atoms with Gasteiger partial charge in [0, 0.05) is 11.7 Å². The third-order valence-electron chi connectivity index (χ3n) is 6.33. The van der Waals surface area contributed by atoms with Crippen LogP contribution in [0.3, 0.4) is 0 Å². The molecule has 3 atom stereocenters. The molecule has 6 nitrogen and oxygen atoms in total. The molecule has 2 aromatic rings. The molecule has 8 heteroatoms. The van der Waals surface area contributed by atoms with Crippen LogP contribution in [0.4, 0.5) is 5.69 Å². The predicted molar refractivity (Wildman–Crippen MR) is 144 cm³/mol. The van der Waals surface area contributed by atoms with Gasteiger partial charge < -0.3 is 19.7 Å². The highest BCUT2D eigenvalue weighted by Crippen LogP contribution is 2.42. The number of benzene rings is 2. The molecule has 0 aromatic heterocycles. The lowest BCUT2D eigenvalue weighted by Gasteiger charge is -2.39. The van der Waals surface area contributed by atoms with E-state index < -0.39 is 5.97 Å². The second-order valence-corrected chi connectivity index (χ2v) is 10.8. The number of halogens is 1. The summed E-state index contributed by atoms with van der Waals surface area (Å²) in [5, 5.41) is 3.57. The van der Waals surface area contributed by atoms with Gasteiger partial charge in [-0.05, 0) is 77.5 Å². The summed E-state index contributed by atoms with van der Waals surface area (Å²) in [4.78, 5) is 28.0. The molecular formula is C27H31BrN2O4S. The van der Waals surface area contributed by atoms with Gasteiger partial charge in [-0.2, -0.15) is 0 Å². The summed E-state index contributed by atoms with van der Waals surface area (Å²) < 4.78 is 11.2. The van der Waals surface area contributed by atoms with Crippen molar-refractivity contribution in [3.05, 3.63) is 63.5 Å². The molecule has 1 aliphatic carbocycles. The first kappa shape index (κ1) is 25.6. The summed E-state index contributed by atoms with van der Waals surface area (Å²) >= 11 is 5.08. The Bertz CT molecular complexity index is 1080. The van der Waals surface area contributed by atoms with E-state index in [0.717, 1.165) is 30.5 Å². The van der Waals surface area contributed by atoms with Gasteiger partial charge in [-0.3, -0.25) is 4.79 Å². The van der Waals surface area contributed by atoms with Crippen molar-refractivity contribution < 1.29 is 19.1 Å². The second kappa shape index (κ2) is 12.0. The van der Waals surface area contributed by atoms with Gasteiger partial charge in [0.15, 0.2) is 12.1 Å².